The predicted molar refractivity (Wildman–Crippen MR) is 112 cm³/mol. The largest absolute Gasteiger partial charge is 0.493 e. The summed E-state index contributed by atoms with van der Waals surface area (Å²) in [7, 11) is 3.12. The average Bonchev–Trinajstić information content (AvgIpc) is 3.06. The summed E-state index contributed by atoms with van der Waals surface area (Å²) >= 11 is 4.57. The Bertz CT molecular complexity index is 995. The molecule has 0 atom stereocenters. The zero-order chi connectivity index (χ0) is 20.1. The zero-order valence-corrected chi connectivity index (χ0v) is 17.6. The summed E-state index contributed by atoms with van der Waals surface area (Å²) < 4.78 is 12.8. The highest BCUT2D eigenvalue weighted by atomic mass is 79.9. The van der Waals surface area contributed by atoms with Gasteiger partial charge in [-0.3, -0.25) is 4.79 Å². The van der Waals surface area contributed by atoms with Gasteiger partial charge in [-0.1, -0.05) is 33.8 Å². The first-order chi connectivity index (χ1) is 13.5. The fraction of sp³-hybridized carbons (Fsp3) is 0.167. The molecule has 2 aromatic carbocycles. The number of nitrogens with two attached hydrogens (primary N) is 1. The normalized spacial score (nSPS) is 10.5. The Morgan fingerprint density at radius 3 is 2.68 bits per heavy atom. The highest BCUT2D eigenvalue weighted by Crippen LogP contribution is 2.32. The van der Waals surface area contributed by atoms with Crippen LogP contribution in [0.5, 0.6) is 11.5 Å². The number of hydrogen-bond acceptors (Lipinski definition) is 7. The van der Waals surface area contributed by atoms with Gasteiger partial charge in [-0.2, -0.15) is 0 Å². The van der Waals surface area contributed by atoms with Crippen LogP contribution in [0.25, 0.3) is 11.4 Å². The molecule has 3 aromatic rings. The lowest BCUT2D eigenvalue weighted by Gasteiger charge is -2.09. The van der Waals surface area contributed by atoms with E-state index < -0.39 is 0 Å². The molecule has 1 heterocycles. The number of amides is 1. The number of methoxy groups -OCH3 is 2. The number of thioether (sulfide) groups is 1. The lowest BCUT2D eigenvalue weighted by molar-refractivity contribution is -0.113. The van der Waals surface area contributed by atoms with Crippen molar-refractivity contribution in [2.45, 2.75) is 5.16 Å². The minimum absolute atomic E-state index is 0.147. The van der Waals surface area contributed by atoms with Crippen molar-refractivity contribution in [3.05, 3.63) is 46.9 Å². The Hall–Kier alpha value is -2.72. The molecule has 0 bridgehead atoms. The van der Waals surface area contributed by atoms with Gasteiger partial charge in [0, 0.05) is 15.7 Å². The Balaban J connectivity index is 1.69. The Labute approximate surface area is 174 Å². The van der Waals surface area contributed by atoms with E-state index >= 15 is 0 Å². The first-order valence-corrected chi connectivity index (χ1v) is 9.90. The molecule has 0 unspecified atom stereocenters. The number of anilines is 1. The molecule has 146 valence electrons. The molecular weight excluding hydrogens is 446 g/mol. The van der Waals surface area contributed by atoms with E-state index in [1.807, 2.05) is 30.3 Å². The highest BCUT2D eigenvalue weighted by molar-refractivity contribution is 9.10. The second-order valence-electron chi connectivity index (χ2n) is 5.59. The van der Waals surface area contributed by atoms with Crippen LogP contribution in [-0.4, -0.2) is 40.8 Å². The summed E-state index contributed by atoms with van der Waals surface area (Å²) in [6.45, 7) is 0. The van der Waals surface area contributed by atoms with Gasteiger partial charge in [0.25, 0.3) is 0 Å². The fourth-order valence-electron chi connectivity index (χ4n) is 2.44. The van der Waals surface area contributed by atoms with Gasteiger partial charge in [0.15, 0.2) is 17.3 Å². The Kier molecular flexibility index (Phi) is 6.42. The monoisotopic (exact) mass is 463 g/mol. The molecule has 0 aliphatic carbocycles. The highest BCUT2D eigenvalue weighted by Gasteiger charge is 2.16. The molecule has 28 heavy (non-hydrogen) atoms. The maximum atomic E-state index is 12.2. The van der Waals surface area contributed by atoms with Crippen molar-refractivity contribution < 1.29 is 14.3 Å². The molecule has 0 radical (unpaired) electrons. The van der Waals surface area contributed by atoms with Crippen molar-refractivity contribution in [2.24, 2.45) is 0 Å². The van der Waals surface area contributed by atoms with Gasteiger partial charge in [-0.15, -0.1) is 10.2 Å². The lowest BCUT2D eigenvalue weighted by Crippen LogP contribution is -2.16. The standard InChI is InChI=1S/C18H18BrN5O3S/c1-26-14-7-6-11(8-15(14)27-2)17-22-23-18(24(17)20)28-10-16(25)21-13-5-3-4-12(19)9-13/h3-9H,10,20H2,1-2H3,(H,21,25). The number of rotatable bonds is 7. The first kappa shape index (κ1) is 20.0. The maximum Gasteiger partial charge on any atom is 0.234 e. The second kappa shape index (κ2) is 8.98. The first-order valence-electron chi connectivity index (χ1n) is 8.13. The molecule has 0 fully saturated rings. The summed E-state index contributed by atoms with van der Waals surface area (Å²) in [6.07, 6.45) is 0. The molecule has 8 nitrogen and oxygen atoms in total. The SMILES string of the molecule is COc1ccc(-c2nnc(SCC(=O)Nc3cccc(Br)c3)n2N)cc1OC. The zero-order valence-electron chi connectivity index (χ0n) is 15.2. The predicted octanol–water partition coefficient (Wildman–Crippen LogP) is 3.17. The van der Waals surface area contributed by atoms with Gasteiger partial charge in [0.2, 0.25) is 11.1 Å². The van der Waals surface area contributed by atoms with Crippen LogP contribution in [0, 0.1) is 0 Å². The molecule has 1 amide bonds. The molecule has 10 heteroatoms. The van der Waals surface area contributed by atoms with E-state index in [-0.39, 0.29) is 11.7 Å². The van der Waals surface area contributed by atoms with Crippen LogP contribution in [0.15, 0.2) is 52.1 Å². The van der Waals surface area contributed by atoms with Crippen molar-refractivity contribution in [3.8, 4) is 22.9 Å². The van der Waals surface area contributed by atoms with Gasteiger partial charge < -0.3 is 20.6 Å². The molecule has 0 saturated carbocycles. The number of hydrogen-bond donors (Lipinski definition) is 2. The molecule has 0 aliphatic heterocycles. The van der Waals surface area contributed by atoms with Crippen molar-refractivity contribution >= 4 is 39.3 Å². The lowest BCUT2D eigenvalue weighted by atomic mass is 10.2. The van der Waals surface area contributed by atoms with Gasteiger partial charge in [-0.25, -0.2) is 4.68 Å². The van der Waals surface area contributed by atoms with E-state index in [4.69, 9.17) is 15.3 Å². The number of halogens is 1. The third-order valence-corrected chi connectivity index (χ3v) is 5.18. The van der Waals surface area contributed by atoms with Crippen molar-refractivity contribution in [1.82, 2.24) is 14.9 Å². The third kappa shape index (κ3) is 4.57. The quantitative estimate of drug-likeness (QED) is 0.409. The number of nitrogens with zero attached hydrogens (tertiary/aromatic N) is 3. The topological polar surface area (TPSA) is 104 Å². The van der Waals surface area contributed by atoms with Crippen LogP contribution in [0.4, 0.5) is 5.69 Å². The smallest absolute Gasteiger partial charge is 0.234 e. The number of carbonyl (C=O) groups is 1. The van der Waals surface area contributed by atoms with Crippen LogP contribution in [0.1, 0.15) is 0 Å². The van der Waals surface area contributed by atoms with Crippen LogP contribution >= 0.6 is 27.7 Å². The van der Waals surface area contributed by atoms with Gasteiger partial charge in [0.1, 0.15) is 0 Å². The minimum Gasteiger partial charge on any atom is -0.493 e. The average molecular weight is 464 g/mol. The Morgan fingerprint density at radius 2 is 1.96 bits per heavy atom. The van der Waals surface area contributed by atoms with Crippen LogP contribution in [0.3, 0.4) is 0 Å². The molecule has 3 rings (SSSR count). The fourth-order valence-corrected chi connectivity index (χ4v) is 3.50. The summed E-state index contributed by atoms with van der Waals surface area (Å²) in [5.41, 5.74) is 1.43. The molecule has 0 aliphatic rings. The molecule has 1 aromatic heterocycles. The van der Waals surface area contributed by atoms with Gasteiger partial charge in [0.05, 0.1) is 20.0 Å². The van der Waals surface area contributed by atoms with Crippen LogP contribution in [0.2, 0.25) is 0 Å². The molecular formula is C18H18BrN5O3S. The summed E-state index contributed by atoms with van der Waals surface area (Å²) in [4.78, 5) is 12.2. The number of nitrogen functional groups attached to an aromatic ring is 1. The molecule has 3 N–H and O–H groups in total. The van der Waals surface area contributed by atoms with E-state index in [0.29, 0.717) is 28.2 Å². The van der Waals surface area contributed by atoms with E-state index in [1.54, 1.807) is 26.4 Å². The maximum absolute atomic E-state index is 12.2. The van der Waals surface area contributed by atoms with Crippen molar-refractivity contribution in [3.63, 3.8) is 0 Å². The summed E-state index contributed by atoms with van der Waals surface area (Å²) in [6, 6.07) is 12.7. The Morgan fingerprint density at radius 1 is 1.18 bits per heavy atom. The second-order valence-corrected chi connectivity index (χ2v) is 7.45. The number of aromatic nitrogens is 3. The minimum atomic E-state index is -0.168. The van der Waals surface area contributed by atoms with Crippen molar-refractivity contribution in [1.29, 1.82) is 0 Å². The van der Waals surface area contributed by atoms with E-state index in [1.165, 1.54) is 16.4 Å². The van der Waals surface area contributed by atoms with Gasteiger partial charge in [-0.05, 0) is 36.4 Å². The third-order valence-electron chi connectivity index (χ3n) is 3.75. The van der Waals surface area contributed by atoms with Gasteiger partial charge >= 0.3 is 0 Å². The van der Waals surface area contributed by atoms with E-state index in [0.717, 1.165) is 10.0 Å². The number of nitrogens with one attached hydrogen (secondary N) is 1. The number of ether oxygens (including phenoxy) is 2. The van der Waals surface area contributed by atoms with E-state index in [2.05, 4.69) is 31.4 Å². The molecule has 0 spiro atoms. The van der Waals surface area contributed by atoms with Crippen LogP contribution < -0.4 is 20.6 Å². The van der Waals surface area contributed by atoms with Crippen molar-refractivity contribution in [2.75, 3.05) is 31.1 Å². The number of carbonyl (C=O) groups excluding carboxylic acids is 1. The number of benzene rings is 2. The summed E-state index contributed by atoms with van der Waals surface area (Å²) in [5.74, 6) is 7.72. The summed E-state index contributed by atoms with van der Waals surface area (Å²) in [5, 5.41) is 11.4. The van der Waals surface area contributed by atoms with Crippen LogP contribution in [-0.2, 0) is 4.79 Å². The molecule has 0 saturated heterocycles. The van der Waals surface area contributed by atoms with E-state index in [9.17, 15) is 4.79 Å².